The number of hydrogen-bond acceptors (Lipinski definition) is 5. The fourth-order valence-electron chi connectivity index (χ4n) is 3.96. The van der Waals surface area contributed by atoms with Crippen molar-refractivity contribution in [2.75, 3.05) is 44.2 Å². The predicted octanol–water partition coefficient (Wildman–Crippen LogP) is 3.31. The van der Waals surface area contributed by atoms with E-state index in [1.807, 2.05) is 12.1 Å². The molecule has 1 aromatic rings. The summed E-state index contributed by atoms with van der Waals surface area (Å²) in [7, 11) is 0. The smallest absolute Gasteiger partial charge is 0.292 e. The van der Waals surface area contributed by atoms with Gasteiger partial charge in [0.05, 0.1) is 17.6 Å². The molecule has 2 fully saturated rings. The highest BCUT2D eigenvalue weighted by molar-refractivity contribution is 5.63. The average molecular weight is 347 g/mol. The van der Waals surface area contributed by atoms with Crippen LogP contribution in [0, 0.1) is 16.0 Å². The van der Waals surface area contributed by atoms with Crippen LogP contribution in [0.15, 0.2) is 24.3 Å². The number of benzene rings is 1. The van der Waals surface area contributed by atoms with Gasteiger partial charge in [-0.3, -0.25) is 15.0 Å². The molecule has 138 valence electrons. The Balaban J connectivity index is 1.44. The quantitative estimate of drug-likeness (QED) is 0.584. The van der Waals surface area contributed by atoms with Crippen molar-refractivity contribution >= 4 is 11.4 Å². The molecule has 2 aliphatic rings. The SMILES string of the molecule is CC1CCCCC1OCCN1CCN(c2ccccc2[N+](=O)[O-])CC1. The van der Waals surface area contributed by atoms with Crippen molar-refractivity contribution in [1.29, 1.82) is 0 Å². The number of rotatable bonds is 6. The van der Waals surface area contributed by atoms with Crippen molar-refractivity contribution in [2.45, 2.75) is 38.7 Å². The number of ether oxygens (including phenoxy) is 1. The van der Waals surface area contributed by atoms with Crippen LogP contribution in [0.2, 0.25) is 0 Å². The molecule has 25 heavy (non-hydrogen) atoms. The summed E-state index contributed by atoms with van der Waals surface area (Å²) in [6, 6.07) is 7.03. The lowest BCUT2D eigenvalue weighted by atomic mass is 9.88. The normalized spacial score (nSPS) is 25.1. The molecule has 0 aromatic heterocycles. The van der Waals surface area contributed by atoms with Crippen molar-refractivity contribution in [3.8, 4) is 0 Å². The zero-order valence-electron chi connectivity index (χ0n) is 15.1. The molecule has 3 rings (SSSR count). The Hall–Kier alpha value is -1.66. The lowest BCUT2D eigenvalue weighted by molar-refractivity contribution is -0.384. The van der Waals surface area contributed by atoms with E-state index in [2.05, 4.69) is 16.7 Å². The van der Waals surface area contributed by atoms with E-state index in [0.29, 0.717) is 12.0 Å². The van der Waals surface area contributed by atoms with Gasteiger partial charge in [0.25, 0.3) is 5.69 Å². The molecule has 2 atom stereocenters. The second-order valence-corrected chi connectivity index (χ2v) is 7.25. The third-order valence-corrected chi connectivity index (χ3v) is 5.56. The third kappa shape index (κ3) is 4.70. The van der Waals surface area contributed by atoms with Crippen molar-refractivity contribution < 1.29 is 9.66 Å². The van der Waals surface area contributed by atoms with E-state index in [-0.39, 0.29) is 10.6 Å². The summed E-state index contributed by atoms with van der Waals surface area (Å²) in [5, 5.41) is 11.2. The van der Waals surface area contributed by atoms with E-state index >= 15 is 0 Å². The summed E-state index contributed by atoms with van der Waals surface area (Å²) in [5.74, 6) is 0.684. The van der Waals surface area contributed by atoms with Gasteiger partial charge in [0, 0.05) is 38.8 Å². The molecule has 1 aliphatic heterocycles. The molecule has 1 aromatic carbocycles. The van der Waals surface area contributed by atoms with Gasteiger partial charge < -0.3 is 9.64 Å². The van der Waals surface area contributed by atoms with Crippen LogP contribution in [0.4, 0.5) is 11.4 Å². The highest BCUT2D eigenvalue weighted by Gasteiger charge is 2.24. The summed E-state index contributed by atoms with van der Waals surface area (Å²) in [5.41, 5.74) is 0.935. The van der Waals surface area contributed by atoms with Crippen LogP contribution < -0.4 is 4.90 Å². The first kappa shape index (κ1) is 18.1. The number of nitrogens with zero attached hydrogens (tertiary/aromatic N) is 3. The van der Waals surface area contributed by atoms with E-state index in [9.17, 15) is 10.1 Å². The predicted molar refractivity (Wildman–Crippen MR) is 99.1 cm³/mol. The summed E-state index contributed by atoms with van der Waals surface area (Å²) in [6.45, 7) is 7.55. The standard InChI is InChI=1S/C19H29N3O3/c1-16-6-2-5-9-19(16)25-15-14-20-10-12-21(13-11-20)17-7-3-4-8-18(17)22(23)24/h3-4,7-8,16,19H,2,5-6,9-15H2,1H3. The fraction of sp³-hybridized carbons (Fsp3) is 0.684. The number of para-hydroxylation sites is 2. The summed E-state index contributed by atoms with van der Waals surface area (Å²) < 4.78 is 6.12. The van der Waals surface area contributed by atoms with Gasteiger partial charge in [-0.15, -0.1) is 0 Å². The van der Waals surface area contributed by atoms with Crippen LogP contribution >= 0.6 is 0 Å². The lowest BCUT2D eigenvalue weighted by Crippen LogP contribution is -2.47. The fourth-order valence-corrected chi connectivity index (χ4v) is 3.96. The van der Waals surface area contributed by atoms with E-state index in [4.69, 9.17) is 4.74 Å². The summed E-state index contributed by atoms with van der Waals surface area (Å²) in [4.78, 5) is 15.4. The first-order valence-electron chi connectivity index (χ1n) is 9.47. The van der Waals surface area contributed by atoms with E-state index < -0.39 is 0 Å². The van der Waals surface area contributed by atoms with Gasteiger partial charge in [0.1, 0.15) is 5.69 Å². The number of piperazine rings is 1. The van der Waals surface area contributed by atoms with E-state index in [1.165, 1.54) is 25.7 Å². The topological polar surface area (TPSA) is 58.8 Å². The van der Waals surface area contributed by atoms with Crippen LogP contribution in [0.3, 0.4) is 0 Å². The van der Waals surface area contributed by atoms with Gasteiger partial charge in [-0.2, -0.15) is 0 Å². The monoisotopic (exact) mass is 347 g/mol. The summed E-state index contributed by atoms with van der Waals surface area (Å²) >= 11 is 0. The van der Waals surface area contributed by atoms with Gasteiger partial charge in [-0.1, -0.05) is 31.9 Å². The first-order valence-corrected chi connectivity index (χ1v) is 9.47. The molecule has 2 unspecified atom stereocenters. The molecular formula is C19H29N3O3. The number of hydrogen-bond donors (Lipinski definition) is 0. The Morgan fingerprint density at radius 3 is 2.60 bits per heavy atom. The highest BCUT2D eigenvalue weighted by atomic mass is 16.6. The maximum atomic E-state index is 11.2. The zero-order valence-corrected chi connectivity index (χ0v) is 15.1. The van der Waals surface area contributed by atoms with Crippen LogP contribution in [-0.2, 0) is 4.74 Å². The molecule has 0 bridgehead atoms. The summed E-state index contributed by atoms with van der Waals surface area (Å²) in [6.07, 6.45) is 5.56. The van der Waals surface area contributed by atoms with Crippen molar-refractivity contribution in [3.05, 3.63) is 34.4 Å². The first-order chi connectivity index (χ1) is 12.1. The zero-order chi connectivity index (χ0) is 17.6. The second kappa shape index (κ2) is 8.63. The van der Waals surface area contributed by atoms with Crippen LogP contribution in [0.25, 0.3) is 0 Å². The molecule has 6 nitrogen and oxygen atoms in total. The molecular weight excluding hydrogens is 318 g/mol. The van der Waals surface area contributed by atoms with Gasteiger partial charge in [-0.25, -0.2) is 0 Å². The third-order valence-electron chi connectivity index (χ3n) is 5.56. The molecule has 0 radical (unpaired) electrons. The molecule has 1 saturated heterocycles. The van der Waals surface area contributed by atoms with Crippen molar-refractivity contribution in [2.24, 2.45) is 5.92 Å². The van der Waals surface area contributed by atoms with Gasteiger partial charge in [-0.05, 0) is 24.8 Å². The van der Waals surface area contributed by atoms with Crippen LogP contribution in [0.1, 0.15) is 32.6 Å². The minimum absolute atomic E-state index is 0.200. The minimum atomic E-state index is -0.291. The van der Waals surface area contributed by atoms with Crippen LogP contribution in [0.5, 0.6) is 0 Å². The molecule has 1 heterocycles. The molecule has 0 N–H and O–H groups in total. The molecule has 6 heteroatoms. The average Bonchev–Trinajstić information content (AvgIpc) is 2.64. The maximum absolute atomic E-state index is 11.2. The lowest BCUT2D eigenvalue weighted by Gasteiger charge is -2.36. The highest BCUT2D eigenvalue weighted by Crippen LogP contribution is 2.28. The van der Waals surface area contributed by atoms with E-state index in [0.717, 1.165) is 45.0 Å². The van der Waals surface area contributed by atoms with Gasteiger partial charge in [0.15, 0.2) is 0 Å². The van der Waals surface area contributed by atoms with Gasteiger partial charge >= 0.3 is 0 Å². The Labute approximate surface area is 149 Å². The molecule has 1 saturated carbocycles. The van der Waals surface area contributed by atoms with Crippen molar-refractivity contribution in [3.63, 3.8) is 0 Å². The molecule has 1 aliphatic carbocycles. The Morgan fingerprint density at radius 1 is 1.16 bits per heavy atom. The van der Waals surface area contributed by atoms with Crippen molar-refractivity contribution in [1.82, 2.24) is 4.90 Å². The Kier molecular flexibility index (Phi) is 6.26. The Morgan fingerprint density at radius 2 is 1.88 bits per heavy atom. The second-order valence-electron chi connectivity index (χ2n) is 7.25. The molecule has 0 spiro atoms. The van der Waals surface area contributed by atoms with Crippen LogP contribution in [-0.4, -0.2) is 55.3 Å². The van der Waals surface area contributed by atoms with Gasteiger partial charge in [0.2, 0.25) is 0 Å². The minimum Gasteiger partial charge on any atom is -0.377 e. The largest absolute Gasteiger partial charge is 0.377 e. The maximum Gasteiger partial charge on any atom is 0.292 e. The van der Waals surface area contributed by atoms with E-state index in [1.54, 1.807) is 12.1 Å². The number of nitro groups is 1. The number of anilines is 1. The molecule has 0 amide bonds. The number of nitro benzene ring substituents is 1. The Bertz CT molecular complexity index is 573.